The lowest BCUT2D eigenvalue weighted by atomic mass is 10.0. The van der Waals surface area contributed by atoms with Crippen LogP contribution in [0.5, 0.6) is 0 Å². The summed E-state index contributed by atoms with van der Waals surface area (Å²) >= 11 is 0. The van der Waals surface area contributed by atoms with Crippen LogP contribution in [0.4, 0.5) is 0 Å². The number of amides is 3. The van der Waals surface area contributed by atoms with Crippen molar-refractivity contribution in [3.63, 3.8) is 0 Å². The van der Waals surface area contributed by atoms with Crippen LogP contribution in [0.15, 0.2) is 54.6 Å². The summed E-state index contributed by atoms with van der Waals surface area (Å²) in [5.41, 5.74) is 3.15. The summed E-state index contributed by atoms with van der Waals surface area (Å²) in [5.74, 6) is -1.02. The highest BCUT2D eigenvalue weighted by molar-refractivity contribution is 5.92. The lowest BCUT2D eigenvalue weighted by Crippen LogP contribution is -2.52. The van der Waals surface area contributed by atoms with Gasteiger partial charge in [-0.2, -0.15) is 0 Å². The zero-order chi connectivity index (χ0) is 21.7. The van der Waals surface area contributed by atoms with Gasteiger partial charge in [-0.05, 0) is 23.6 Å². The van der Waals surface area contributed by atoms with Crippen LogP contribution in [0.25, 0.3) is 11.1 Å². The number of rotatable bonds is 6. The Morgan fingerprint density at radius 3 is 2.33 bits per heavy atom. The van der Waals surface area contributed by atoms with Crippen LogP contribution in [0.2, 0.25) is 0 Å². The molecular formula is C23H27N3O4. The second-order valence-electron chi connectivity index (χ2n) is 7.60. The summed E-state index contributed by atoms with van der Waals surface area (Å²) in [5, 5.41) is 15.4. The lowest BCUT2D eigenvalue weighted by molar-refractivity contribution is -0.141. The summed E-state index contributed by atoms with van der Waals surface area (Å²) in [4.78, 5) is 37.9. The van der Waals surface area contributed by atoms with Gasteiger partial charge >= 0.3 is 0 Å². The van der Waals surface area contributed by atoms with Crippen molar-refractivity contribution in [2.75, 3.05) is 6.54 Å². The molecule has 1 aliphatic rings. The molecule has 0 spiro atoms. The van der Waals surface area contributed by atoms with Crippen molar-refractivity contribution >= 4 is 17.7 Å². The third kappa shape index (κ3) is 5.24. The van der Waals surface area contributed by atoms with E-state index in [-0.39, 0.29) is 30.7 Å². The Hall–Kier alpha value is -3.19. The molecule has 0 bridgehead atoms. The number of likely N-dealkylation sites (tertiary alicyclic amines) is 1. The normalized spacial score (nSPS) is 19.2. The van der Waals surface area contributed by atoms with Gasteiger partial charge in [0.2, 0.25) is 17.7 Å². The average molecular weight is 409 g/mol. The van der Waals surface area contributed by atoms with Crippen LogP contribution < -0.4 is 10.6 Å². The van der Waals surface area contributed by atoms with Crippen LogP contribution in [-0.2, 0) is 20.9 Å². The molecule has 30 heavy (non-hydrogen) atoms. The van der Waals surface area contributed by atoms with Crippen molar-refractivity contribution in [2.24, 2.45) is 0 Å². The van der Waals surface area contributed by atoms with Gasteiger partial charge in [0.15, 0.2) is 0 Å². The van der Waals surface area contributed by atoms with Gasteiger partial charge in [-0.15, -0.1) is 0 Å². The fourth-order valence-corrected chi connectivity index (χ4v) is 3.67. The van der Waals surface area contributed by atoms with E-state index in [0.29, 0.717) is 6.54 Å². The van der Waals surface area contributed by atoms with Crippen molar-refractivity contribution in [2.45, 2.75) is 45.0 Å². The van der Waals surface area contributed by atoms with Gasteiger partial charge in [0.1, 0.15) is 12.1 Å². The van der Waals surface area contributed by atoms with Gasteiger partial charge in [0.25, 0.3) is 0 Å². The molecule has 3 amide bonds. The SMILES string of the molecule is CC(=O)N[C@@H](C)C(=O)N1C[C@H](O)C[C@H]1C(=O)NCc1ccc(-c2ccccc2)cc1. The Labute approximate surface area is 176 Å². The number of hydrogen-bond donors (Lipinski definition) is 3. The van der Waals surface area contributed by atoms with Crippen molar-refractivity contribution in [1.29, 1.82) is 0 Å². The van der Waals surface area contributed by atoms with E-state index in [1.54, 1.807) is 6.92 Å². The summed E-state index contributed by atoms with van der Waals surface area (Å²) in [6.07, 6.45) is -0.587. The van der Waals surface area contributed by atoms with E-state index in [0.717, 1.165) is 16.7 Å². The standard InChI is InChI=1S/C23H27N3O4/c1-15(25-16(2)27)23(30)26-14-20(28)12-21(26)22(29)24-13-17-8-10-19(11-9-17)18-6-4-3-5-7-18/h3-11,15,20-21,28H,12-14H2,1-2H3,(H,24,29)(H,25,27)/t15-,20+,21-/m0/s1. The zero-order valence-corrected chi connectivity index (χ0v) is 17.2. The molecule has 0 aromatic heterocycles. The van der Waals surface area contributed by atoms with Gasteiger partial charge in [-0.3, -0.25) is 14.4 Å². The van der Waals surface area contributed by atoms with Gasteiger partial charge in [-0.1, -0.05) is 54.6 Å². The maximum absolute atomic E-state index is 12.7. The monoisotopic (exact) mass is 409 g/mol. The molecule has 158 valence electrons. The number of nitrogens with zero attached hydrogens (tertiary/aromatic N) is 1. The number of aliphatic hydroxyl groups excluding tert-OH is 1. The van der Waals surface area contributed by atoms with Crippen LogP contribution in [0, 0.1) is 0 Å². The third-order valence-corrected chi connectivity index (χ3v) is 5.18. The van der Waals surface area contributed by atoms with Gasteiger partial charge in [0, 0.05) is 26.4 Å². The highest BCUT2D eigenvalue weighted by atomic mass is 16.3. The van der Waals surface area contributed by atoms with Crippen molar-refractivity contribution in [3.05, 3.63) is 60.2 Å². The number of benzene rings is 2. The number of β-amino-alcohol motifs (C(OH)–C–C–N with tert-alkyl or cyclic N) is 1. The number of aliphatic hydroxyl groups is 1. The highest BCUT2D eigenvalue weighted by Crippen LogP contribution is 2.21. The molecule has 0 radical (unpaired) electrons. The molecule has 7 nitrogen and oxygen atoms in total. The molecule has 2 aromatic rings. The first-order chi connectivity index (χ1) is 14.3. The smallest absolute Gasteiger partial charge is 0.245 e. The zero-order valence-electron chi connectivity index (χ0n) is 17.2. The molecule has 1 fully saturated rings. The molecule has 1 saturated heterocycles. The molecular weight excluding hydrogens is 382 g/mol. The molecule has 0 saturated carbocycles. The Morgan fingerprint density at radius 2 is 1.70 bits per heavy atom. The third-order valence-electron chi connectivity index (χ3n) is 5.18. The number of carbonyl (C=O) groups excluding carboxylic acids is 3. The summed E-state index contributed by atoms with van der Waals surface area (Å²) in [6.45, 7) is 3.30. The largest absolute Gasteiger partial charge is 0.391 e. The fourth-order valence-electron chi connectivity index (χ4n) is 3.67. The van der Waals surface area contributed by atoms with Crippen molar-refractivity contribution < 1.29 is 19.5 Å². The minimum Gasteiger partial charge on any atom is -0.391 e. The molecule has 3 rings (SSSR count). The van der Waals surface area contributed by atoms with E-state index in [1.807, 2.05) is 54.6 Å². The second kappa shape index (κ2) is 9.54. The van der Waals surface area contributed by atoms with E-state index in [2.05, 4.69) is 10.6 Å². The quantitative estimate of drug-likeness (QED) is 0.673. The Bertz CT molecular complexity index is 898. The van der Waals surface area contributed by atoms with Crippen LogP contribution in [0.3, 0.4) is 0 Å². The van der Waals surface area contributed by atoms with E-state index in [4.69, 9.17) is 0 Å². The highest BCUT2D eigenvalue weighted by Gasteiger charge is 2.40. The Kier molecular flexibility index (Phi) is 6.84. The number of carbonyl (C=O) groups is 3. The minimum atomic E-state index is -0.764. The fraction of sp³-hybridized carbons (Fsp3) is 0.348. The average Bonchev–Trinajstić information content (AvgIpc) is 3.13. The predicted octanol–water partition coefficient (Wildman–Crippen LogP) is 1.46. The molecule has 2 aromatic carbocycles. The lowest BCUT2D eigenvalue weighted by Gasteiger charge is -2.26. The minimum absolute atomic E-state index is 0.0760. The molecule has 0 unspecified atom stereocenters. The van der Waals surface area contributed by atoms with Gasteiger partial charge in [0.05, 0.1) is 6.10 Å². The van der Waals surface area contributed by atoms with Crippen molar-refractivity contribution in [3.8, 4) is 11.1 Å². The Morgan fingerprint density at radius 1 is 1.07 bits per heavy atom. The second-order valence-corrected chi connectivity index (χ2v) is 7.60. The first kappa shape index (κ1) is 21.5. The molecule has 1 heterocycles. The first-order valence-corrected chi connectivity index (χ1v) is 10.0. The maximum atomic E-state index is 12.7. The summed E-state index contributed by atoms with van der Waals surface area (Å²) in [6, 6.07) is 16.4. The van der Waals surface area contributed by atoms with Gasteiger partial charge in [-0.25, -0.2) is 0 Å². The molecule has 0 aliphatic carbocycles. The maximum Gasteiger partial charge on any atom is 0.245 e. The van der Waals surface area contributed by atoms with E-state index < -0.39 is 18.2 Å². The first-order valence-electron chi connectivity index (χ1n) is 10.0. The number of nitrogens with one attached hydrogen (secondary N) is 2. The molecule has 3 N–H and O–H groups in total. The molecule has 3 atom stereocenters. The van der Waals surface area contributed by atoms with Crippen LogP contribution >= 0.6 is 0 Å². The summed E-state index contributed by atoms with van der Waals surface area (Å²) in [7, 11) is 0. The van der Waals surface area contributed by atoms with Gasteiger partial charge < -0.3 is 20.6 Å². The predicted molar refractivity (Wildman–Crippen MR) is 113 cm³/mol. The Balaban J connectivity index is 1.60. The van der Waals surface area contributed by atoms with E-state index in [1.165, 1.54) is 11.8 Å². The van der Waals surface area contributed by atoms with Crippen molar-refractivity contribution in [1.82, 2.24) is 15.5 Å². The van der Waals surface area contributed by atoms with E-state index in [9.17, 15) is 19.5 Å². The van der Waals surface area contributed by atoms with Crippen LogP contribution in [0.1, 0.15) is 25.8 Å². The summed E-state index contributed by atoms with van der Waals surface area (Å²) < 4.78 is 0. The van der Waals surface area contributed by atoms with E-state index >= 15 is 0 Å². The molecule has 1 aliphatic heterocycles. The van der Waals surface area contributed by atoms with Crippen LogP contribution in [-0.4, -0.2) is 52.5 Å². The molecule has 7 heteroatoms. The number of hydrogen-bond acceptors (Lipinski definition) is 4. The topological polar surface area (TPSA) is 98.7 Å².